The average molecular weight is 277 g/mol. The van der Waals surface area contributed by atoms with Crippen LogP contribution < -0.4 is 0 Å². The molecule has 0 aliphatic carbocycles. The van der Waals surface area contributed by atoms with Crippen molar-refractivity contribution < 1.29 is 13.9 Å². The SMILES string of the molecule is N#CCc1cc(CBr)c(O)c(C(F)F)n1. The van der Waals surface area contributed by atoms with Crippen LogP contribution >= 0.6 is 15.9 Å². The zero-order chi connectivity index (χ0) is 11.4. The van der Waals surface area contributed by atoms with Gasteiger partial charge < -0.3 is 5.11 Å². The highest BCUT2D eigenvalue weighted by Crippen LogP contribution is 2.31. The molecule has 1 aromatic rings. The fraction of sp³-hybridized carbons (Fsp3) is 0.333. The second kappa shape index (κ2) is 5.03. The van der Waals surface area contributed by atoms with Crippen LogP contribution in [0, 0.1) is 11.3 Å². The van der Waals surface area contributed by atoms with E-state index in [0.717, 1.165) is 0 Å². The van der Waals surface area contributed by atoms with E-state index in [9.17, 15) is 13.9 Å². The predicted octanol–water partition coefficient (Wildman–Crippen LogP) is 2.69. The van der Waals surface area contributed by atoms with Gasteiger partial charge in [0.2, 0.25) is 0 Å². The van der Waals surface area contributed by atoms with E-state index >= 15 is 0 Å². The molecule has 1 heterocycles. The maximum Gasteiger partial charge on any atom is 0.284 e. The largest absolute Gasteiger partial charge is 0.505 e. The Morgan fingerprint density at radius 1 is 1.60 bits per heavy atom. The summed E-state index contributed by atoms with van der Waals surface area (Å²) < 4.78 is 24.9. The quantitative estimate of drug-likeness (QED) is 0.864. The molecule has 0 saturated heterocycles. The van der Waals surface area contributed by atoms with Gasteiger partial charge >= 0.3 is 0 Å². The third kappa shape index (κ3) is 2.63. The molecule has 0 bridgehead atoms. The van der Waals surface area contributed by atoms with Crippen molar-refractivity contribution in [3.63, 3.8) is 0 Å². The number of aromatic nitrogens is 1. The number of pyridine rings is 1. The van der Waals surface area contributed by atoms with Gasteiger partial charge in [-0.05, 0) is 6.07 Å². The zero-order valence-corrected chi connectivity index (χ0v) is 9.13. The molecule has 0 saturated carbocycles. The topological polar surface area (TPSA) is 56.9 Å². The third-order valence-corrected chi connectivity index (χ3v) is 2.37. The number of nitrogens with zero attached hydrogens (tertiary/aromatic N) is 2. The first-order valence-electron chi connectivity index (χ1n) is 4.02. The lowest BCUT2D eigenvalue weighted by atomic mass is 10.1. The lowest BCUT2D eigenvalue weighted by Crippen LogP contribution is -1.99. The maximum atomic E-state index is 12.4. The highest BCUT2D eigenvalue weighted by molar-refractivity contribution is 9.08. The Morgan fingerprint density at radius 3 is 2.73 bits per heavy atom. The number of rotatable bonds is 3. The normalized spacial score (nSPS) is 10.3. The Bertz CT molecular complexity index is 404. The Kier molecular flexibility index (Phi) is 3.97. The van der Waals surface area contributed by atoms with Crippen LogP contribution in [0.3, 0.4) is 0 Å². The van der Waals surface area contributed by atoms with Crippen molar-refractivity contribution in [2.45, 2.75) is 18.2 Å². The maximum absolute atomic E-state index is 12.4. The van der Waals surface area contributed by atoms with Crippen LogP contribution in [0.25, 0.3) is 0 Å². The number of hydrogen-bond acceptors (Lipinski definition) is 3. The zero-order valence-electron chi connectivity index (χ0n) is 7.54. The molecule has 6 heteroatoms. The molecule has 0 radical (unpaired) electrons. The number of alkyl halides is 3. The van der Waals surface area contributed by atoms with E-state index in [0.29, 0.717) is 5.56 Å². The van der Waals surface area contributed by atoms with Gasteiger partial charge in [0.05, 0.1) is 18.2 Å². The van der Waals surface area contributed by atoms with Crippen molar-refractivity contribution in [2.24, 2.45) is 0 Å². The molecule has 0 aliphatic rings. The first kappa shape index (κ1) is 11.9. The van der Waals surface area contributed by atoms with Gasteiger partial charge in [0, 0.05) is 10.9 Å². The fourth-order valence-corrected chi connectivity index (χ4v) is 1.53. The molecule has 0 aromatic carbocycles. The standard InChI is InChI=1S/C9H7BrF2N2O/c10-4-5-3-6(1-2-13)14-7(8(5)15)9(11)12/h3,9,15H,1,4H2. The van der Waals surface area contributed by atoms with Gasteiger partial charge in [-0.25, -0.2) is 13.8 Å². The highest BCUT2D eigenvalue weighted by atomic mass is 79.9. The summed E-state index contributed by atoms with van der Waals surface area (Å²) in [5.74, 6) is -0.511. The van der Waals surface area contributed by atoms with Gasteiger partial charge in [-0.15, -0.1) is 0 Å². The Morgan fingerprint density at radius 2 is 2.27 bits per heavy atom. The molecule has 1 rings (SSSR count). The fourth-order valence-electron chi connectivity index (χ4n) is 1.10. The van der Waals surface area contributed by atoms with Crippen LogP contribution in [-0.4, -0.2) is 10.1 Å². The van der Waals surface area contributed by atoms with E-state index in [4.69, 9.17) is 5.26 Å². The molecule has 0 aliphatic heterocycles. The van der Waals surface area contributed by atoms with E-state index in [2.05, 4.69) is 20.9 Å². The smallest absolute Gasteiger partial charge is 0.284 e. The van der Waals surface area contributed by atoms with Gasteiger partial charge in [-0.2, -0.15) is 5.26 Å². The van der Waals surface area contributed by atoms with Gasteiger partial charge in [0.1, 0.15) is 11.4 Å². The summed E-state index contributed by atoms with van der Waals surface area (Å²) in [5, 5.41) is 18.1. The minimum Gasteiger partial charge on any atom is -0.505 e. The summed E-state index contributed by atoms with van der Waals surface area (Å²) in [6.07, 6.45) is -2.90. The second-order valence-electron chi connectivity index (χ2n) is 2.78. The van der Waals surface area contributed by atoms with Crippen LogP contribution in [-0.2, 0) is 11.8 Å². The molecular formula is C9H7BrF2N2O. The van der Waals surface area contributed by atoms with Crippen LogP contribution in [0.4, 0.5) is 8.78 Å². The summed E-state index contributed by atoms with van der Waals surface area (Å²) >= 11 is 3.06. The molecule has 0 amide bonds. The minimum absolute atomic E-state index is 0.0556. The average Bonchev–Trinajstić information content (AvgIpc) is 2.20. The van der Waals surface area contributed by atoms with Gasteiger partial charge in [-0.3, -0.25) is 0 Å². The van der Waals surface area contributed by atoms with Crippen molar-refractivity contribution >= 4 is 15.9 Å². The second-order valence-corrected chi connectivity index (χ2v) is 3.34. The molecule has 80 valence electrons. The van der Waals surface area contributed by atoms with Crippen molar-refractivity contribution in [1.29, 1.82) is 5.26 Å². The van der Waals surface area contributed by atoms with Crippen LogP contribution in [0.1, 0.15) is 23.4 Å². The molecule has 0 fully saturated rings. The summed E-state index contributed by atoms with van der Waals surface area (Å²) in [7, 11) is 0. The summed E-state index contributed by atoms with van der Waals surface area (Å²) in [5.41, 5.74) is -0.122. The van der Waals surface area contributed by atoms with Crippen molar-refractivity contribution in [3.05, 3.63) is 23.0 Å². The number of halogens is 3. The summed E-state index contributed by atoms with van der Waals surface area (Å²) in [6.45, 7) is 0. The highest BCUT2D eigenvalue weighted by Gasteiger charge is 2.18. The van der Waals surface area contributed by atoms with E-state index in [-0.39, 0.29) is 17.4 Å². The first-order valence-corrected chi connectivity index (χ1v) is 5.15. The van der Waals surface area contributed by atoms with Crippen LogP contribution in [0.2, 0.25) is 0 Å². The van der Waals surface area contributed by atoms with Gasteiger partial charge in [-0.1, -0.05) is 15.9 Å². The minimum atomic E-state index is -2.85. The monoisotopic (exact) mass is 276 g/mol. The van der Waals surface area contributed by atoms with Crippen LogP contribution in [0.5, 0.6) is 5.75 Å². The molecule has 0 unspecified atom stereocenters. The molecule has 0 atom stereocenters. The lowest BCUT2D eigenvalue weighted by Gasteiger charge is -2.08. The van der Waals surface area contributed by atoms with E-state index in [1.54, 1.807) is 0 Å². The first-order chi connectivity index (χ1) is 7.10. The molecule has 0 spiro atoms. The lowest BCUT2D eigenvalue weighted by molar-refractivity contribution is 0.141. The molecule has 1 N–H and O–H groups in total. The van der Waals surface area contributed by atoms with Crippen LogP contribution in [0.15, 0.2) is 6.07 Å². The van der Waals surface area contributed by atoms with Crippen molar-refractivity contribution in [1.82, 2.24) is 4.98 Å². The predicted molar refractivity (Wildman–Crippen MR) is 52.8 cm³/mol. The third-order valence-electron chi connectivity index (χ3n) is 1.76. The van der Waals surface area contributed by atoms with E-state index in [1.165, 1.54) is 6.07 Å². The van der Waals surface area contributed by atoms with Crippen molar-refractivity contribution in [2.75, 3.05) is 0 Å². The summed E-state index contributed by atoms with van der Waals surface area (Å²) in [6, 6.07) is 3.25. The Hall–Kier alpha value is -1.22. The molecule has 15 heavy (non-hydrogen) atoms. The van der Waals surface area contributed by atoms with Crippen molar-refractivity contribution in [3.8, 4) is 11.8 Å². The molecular weight excluding hydrogens is 270 g/mol. The van der Waals surface area contributed by atoms with E-state index < -0.39 is 17.9 Å². The number of nitriles is 1. The molecule has 1 aromatic heterocycles. The van der Waals surface area contributed by atoms with Gasteiger partial charge in [0.25, 0.3) is 6.43 Å². The molecule has 3 nitrogen and oxygen atoms in total. The Balaban J connectivity index is 3.26. The Labute approximate surface area is 93.5 Å². The number of aromatic hydroxyl groups is 1. The van der Waals surface area contributed by atoms with Gasteiger partial charge in [0.15, 0.2) is 0 Å². The number of hydrogen-bond donors (Lipinski definition) is 1. The summed E-state index contributed by atoms with van der Waals surface area (Å²) in [4.78, 5) is 3.53. The van der Waals surface area contributed by atoms with E-state index in [1.807, 2.05) is 6.07 Å².